The smallest absolute Gasteiger partial charge is 0.261 e. The Labute approximate surface area is 231 Å². The minimum Gasteiger partial charge on any atom is -0.509 e. The second-order valence-electron chi connectivity index (χ2n) is 10.7. The van der Waals surface area contributed by atoms with Gasteiger partial charge in [0.15, 0.2) is 28.1 Å². The molecule has 3 aliphatic rings. The van der Waals surface area contributed by atoms with Crippen LogP contribution in [0.25, 0.3) is 38.1 Å². The van der Waals surface area contributed by atoms with Crippen LogP contribution in [0.4, 0.5) is 0 Å². The summed E-state index contributed by atoms with van der Waals surface area (Å²) in [4.78, 5) is 40.9. The zero-order valence-corrected chi connectivity index (χ0v) is 23.1. The molecular formula is C30H26O11. The maximum Gasteiger partial charge on any atom is 0.261 e. The number of phenols is 1. The van der Waals surface area contributed by atoms with Crippen molar-refractivity contribution in [2.75, 3.05) is 28.4 Å². The van der Waals surface area contributed by atoms with Gasteiger partial charge in [0, 0.05) is 65.1 Å². The van der Waals surface area contributed by atoms with E-state index >= 15 is 0 Å². The molecule has 11 nitrogen and oxygen atoms in total. The third-order valence-electron chi connectivity index (χ3n) is 8.75. The number of aliphatic hydroxyl groups excluding tert-OH is 1. The molecule has 1 aliphatic carbocycles. The van der Waals surface area contributed by atoms with Gasteiger partial charge < -0.3 is 38.6 Å². The lowest BCUT2D eigenvalue weighted by molar-refractivity contribution is -0.357. The van der Waals surface area contributed by atoms with Crippen molar-refractivity contribution < 1.29 is 43.4 Å². The zero-order valence-electron chi connectivity index (χ0n) is 23.1. The summed E-state index contributed by atoms with van der Waals surface area (Å²) >= 11 is 0. The van der Waals surface area contributed by atoms with Gasteiger partial charge in [-0.1, -0.05) is 0 Å². The normalized spacial score (nSPS) is 26.2. The molecule has 2 N–H and O–H groups in total. The van der Waals surface area contributed by atoms with E-state index in [0.717, 1.165) is 0 Å². The Morgan fingerprint density at radius 1 is 0.878 bits per heavy atom. The summed E-state index contributed by atoms with van der Waals surface area (Å²) in [6.07, 6.45) is -1.76. The fraction of sp³-hybridized carbons (Fsp3) is 0.367. The predicted molar refractivity (Wildman–Crippen MR) is 146 cm³/mol. The number of methoxy groups -OCH3 is 4. The van der Waals surface area contributed by atoms with E-state index in [4.69, 9.17) is 28.4 Å². The van der Waals surface area contributed by atoms with E-state index in [9.17, 15) is 24.6 Å². The van der Waals surface area contributed by atoms with Crippen LogP contribution in [0.5, 0.6) is 23.0 Å². The first-order chi connectivity index (χ1) is 19.5. The standard InChI is InChI=1S/C30H26O11/c1-10-9-29-23-21-17(26(35)28(29)39-6)13(33)8-15(37-4)19(21)18-14(36-3)7-12(32)16-20(18)22(23)24(27(38-5)25(16)34)30(40-10,41-29)11(2)31/h7-8,10,28,34-35H,9H2,1-6H3/t10-,28-,29?,30-/m0/s1. The molecule has 4 atom stereocenters. The van der Waals surface area contributed by atoms with E-state index in [1.807, 2.05) is 0 Å². The highest BCUT2D eigenvalue weighted by molar-refractivity contribution is 6.30. The first-order valence-corrected chi connectivity index (χ1v) is 13.0. The minimum absolute atomic E-state index is 0.0311. The zero-order chi connectivity index (χ0) is 29.3. The van der Waals surface area contributed by atoms with Crippen LogP contribution in [0.3, 0.4) is 0 Å². The summed E-state index contributed by atoms with van der Waals surface area (Å²) in [6, 6.07) is 2.47. The van der Waals surface area contributed by atoms with Crippen molar-refractivity contribution >= 4 is 43.9 Å². The average molecular weight is 563 g/mol. The van der Waals surface area contributed by atoms with Gasteiger partial charge in [-0.3, -0.25) is 14.4 Å². The highest BCUT2D eigenvalue weighted by atomic mass is 16.7. The highest BCUT2D eigenvalue weighted by Crippen LogP contribution is 2.64. The summed E-state index contributed by atoms with van der Waals surface area (Å²) in [6.45, 7) is 3.03. The third kappa shape index (κ3) is 2.67. The fourth-order valence-corrected chi connectivity index (χ4v) is 7.47. The van der Waals surface area contributed by atoms with Crippen LogP contribution in [-0.2, 0) is 30.4 Å². The Balaban J connectivity index is 2.00. The molecule has 41 heavy (non-hydrogen) atoms. The Morgan fingerprint density at radius 3 is 2.10 bits per heavy atom. The van der Waals surface area contributed by atoms with Crippen molar-refractivity contribution in [3.8, 4) is 23.0 Å². The van der Waals surface area contributed by atoms with Gasteiger partial charge in [-0.15, -0.1) is 0 Å². The molecule has 1 unspecified atom stereocenters. The molecule has 0 amide bonds. The number of hydrogen-bond acceptors (Lipinski definition) is 11. The van der Waals surface area contributed by atoms with E-state index < -0.39 is 46.0 Å². The minimum atomic E-state index is -2.12. The Morgan fingerprint density at radius 2 is 1.51 bits per heavy atom. The van der Waals surface area contributed by atoms with Crippen molar-refractivity contribution in [1.29, 1.82) is 0 Å². The molecular weight excluding hydrogens is 536 g/mol. The second kappa shape index (κ2) is 7.96. The van der Waals surface area contributed by atoms with Gasteiger partial charge >= 0.3 is 0 Å². The molecule has 2 heterocycles. The van der Waals surface area contributed by atoms with E-state index in [1.165, 1.54) is 47.5 Å². The van der Waals surface area contributed by atoms with Gasteiger partial charge in [-0.2, -0.15) is 0 Å². The number of fused-ring (bicyclic) bond motifs is 3. The molecule has 0 aromatic heterocycles. The average Bonchev–Trinajstić information content (AvgIpc) is 2.92. The molecule has 11 heteroatoms. The van der Waals surface area contributed by atoms with Crippen LogP contribution in [0, 0.1) is 0 Å². The topological polar surface area (TPSA) is 147 Å². The van der Waals surface area contributed by atoms with E-state index in [-0.39, 0.29) is 51.0 Å². The summed E-state index contributed by atoms with van der Waals surface area (Å²) in [5, 5.41) is 24.7. The van der Waals surface area contributed by atoms with E-state index in [1.54, 1.807) is 6.92 Å². The van der Waals surface area contributed by atoms with Crippen LogP contribution in [0.1, 0.15) is 31.4 Å². The predicted octanol–water partition coefficient (Wildman–Crippen LogP) is 2.23. The quantitative estimate of drug-likeness (QED) is 0.273. The van der Waals surface area contributed by atoms with Crippen LogP contribution >= 0.6 is 0 Å². The molecule has 4 aromatic rings. The molecule has 2 aliphatic heterocycles. The summed E-state index contributed by atoms with van der Waals surface area (Å²) in [7, 11) is 5.45. The number of carbonyl (C=O) groups excluding carboxylic acids is 1. The number of ketones is 1. The number of benzene rings is 4. The van der Waals surface area contributed by atoms with Crippen LogP contribution in [-0.4, -0.2) is 56.6 Å². The van der Waals surface area contributed by atoms with Crippen molar-refractivity contribution in [2.45, 2.75) is 43.9 Å². The van der Waals surface area contributed by atoms with Gasteiger partial charge in [0.1, 0.15) is 29.0 Å². The summed E-state index contributed by atoms with van der Waals surface area (Å²) < 4.78 is 35.9. The van der Waals surface area contributed by atoms with Crippen LogP contribution in [0.2, 0.25) is 0 Å². The van der Waals surface area contributed by atoms with Gasteiger partial charge in [0.2, 0.25) is 0 Å². The van der Waals surface area contributed by atoms with Crippen molar-refractivity contribution in [3.63, 3.8) is 0 Å². The maximum atomic E-state index is 13.6. The fourth-order valence-electron chi connectivity index (χ4n) is 7.47. The molecule has 2 bridgehead atoms. The Kier molecular flexibility index (Phi) is 5.00. The third-order valence-corrected chi connectivity index (χ3v) is 8.75. The number of aromatic hydroxyl groups is 1. The number of hydrogen-bond donors (Lipinski definition) is 2. The lowest BCUT2D eigenvalue weighted by atomic mass is 9.67. The molecule has 1 fully saturated rings. The summed E-state index contributed by atoms with van der Waals surface area (Å²) in [5.74, 6) is -3.46. The van der Waals surface area contributed by atoms with Crippen LogP contribution < -0.4 is 30.3 Å². The van der Waals surface area contributed by atoms with Gasteiger partial charge in [0.25, 0.3) is 5.79 Å². The molecule has 1 spiro atoms. The SMILES string of the molecule is COc1c2c3c4c5c(c(=O)cc(OC)c5c5c(OC)cc(=O)c(c1O)c35)=C(O)[C@H](OC)C41C[C@H](C)O[C@@]2(C(C)=O)O1. The molecule has 4 aromatic carbocycles. The Hall–Kier alpha value is -4.19. The van der Waals surface area contributed by atoms with Crippen molar-refractivity contribution in [1.82, 2.24) is 0 Å². The highest BCUT2D eigenvalue weighted by Gasteiger charge is 2.65. The first-order valence-electron chi connectivity index (χ1n) is 13.0. The van der Waals surface area contributed by atoms with Gasteiger partial charge in [0.05, 0.1) is 43.6 Å². The number of Topliss-reactive ketones (excluding diaryl/α,β-unsaturated/α-hetero) is 1. The number of carbonyl (C=O) groups is 1. The van der Waals surface area contributed by atoms with Crippen molar-refractivity contribution in [2.24, 2.45) is 0 Å². The molecule has 0 radical (unpaired) electrons. The Bertz CT molecular complexity index is 2050. The number of rotatable bonds is 5. The van der Waals surface area contributed by atoms with Crippen LogP contribution in [0.15, 0.2) is 21.7 Å². The monoisotopic (exact) mass is 562 g/mol. The molecule has 7 rings (SSSR count). The number of aliphatic hydroxyl groups is 1. The molecule has 1 saturated heterocycles. The second-order valence-corrected chi connectivity index (χ2v) is 10.7. The van der Waals surface area contributed by atoms with Gasteiger partial charge in [-0.25, -0.2) is 0 Å². The molecule has 0 saturated carbocycles. The molecule has 212 valence electrons. The lowest BCUT2D eigenvalue weighted by Gasteiger charge is -2.56. The number of phenolic OH excluding ortho intramolecular Hbond substituents is 1. The van der Waals surface area contributed by atoms with Gasteiger partial charge in [-0.05, 0) is 6.92 Å². The number of ether oxygens (including phenoxy) is 6. The first kappa shape index (κ1) is 25.8. The van der Waals surface area contributed by atoms with E-state index in [2.05, 4.69) is 0 Å². The largest absolute Gasteiger partial charge is 0.509 e. The maximum absolute atomic E-state index is 13.6. The summed E-state index contributed by atoms with van der Waals surface area (Å²) in [5.41, 5.74) is -2.21. The lowest BCUT2D eigenvalue weighted by Crippen LogP contribution is -2.63. The van der Waals surface area contributed by atoms with E-state index in [0.29, 0.717) is 27.1 Å². The van der Waals surface area contributed by atoms with Crippen molar-refractivity contribution in [3.05, 3.63) is 48.9 Å².